The van der Waals surface area contributed by atoms with E-state index in [2.05, 4.69) is 69.4 Å². The Morgan fingerprint density at radius 3 is 2.40 bits per heavy atom. The average Bonchev–Trinajstić information content (AvgIpc) is 2.76. The molecule has 1 aromatic carbocycles. The molecule has 0 amide bonds. The highest BCUT2D eigenvalue weighted by atomic mass is 35.5. The molecule has 0 radical (unpaired) electrons. The van der Waals surface area contributed by atoms with Gasteiger partial charge in [-0.2, -0.15) is 0 Å². The van der Waals surface area contributed by atoms with Crippen molar-refractivity contribution in [3.05, 3.63) is 56.7 Å². The van der Waals surface area contributed by atoms with Crippen LogP contribution in [0.4, 0.5) is 0 Å². The standard InChI is InChI=1S/C17H22ClNS/c1-5-19-15(14-11-12(2)16(18)20-14)17(3,4)13-9-7-6-8-10-13/h6-11,15,19H,5H2,1-4H3. The first kappa shape index (κ1) is 15.6. The number of hydrogen-bond donors (Lipinski definition) is 1. The lowest BCUT2D eigenvalue weighted by atomic mass is 9.77. The zero-order chi connectivity index (χ0) is 14.8. The van der Waals surface area contributed by atoms with E-state index in [-0.39, 0.29) is 11.5 Å². The van der Waals surface area contributed by atoms with Crippen molar-refractivity contribution < 1.29 is 0 Å². The summed E-state index contributed by atoms with van der Waals surface area (Å²) in [7, 11) is 0. The molecule has 0 aliphatic rings. The Morgan fingerprint density at radius 2 is 1.90 bits per heavy atom. The highest BCUT2D eigenvalue weighted by Gasteiger charge is 2.33. The molecular weight excluding hydrogens is 286 g/mol. The molecule has 0 aliphatic heterocycles. The first-order chi connectivity index (χ1) is 9.46. The summed E-state index contributed by atoms with van der Waals surface area (Å²) in [6.45, 7) is 9.74. The second-order valence-corrected chi connectivity index (χ2v) is 7.37. The molecule has 0 bridgehead atoms. The number of halogens is 1. The number of hydrogen-bond acceptors (Lipinski definition) is 2. The van der Waals surface area contributed by atoms with Crippen LogP contribution in [0.15, 0.2) is 36.4 Å². The molecule has 3 heteroatoms. The number of nitrogens with one attached hydrogen (secondary N) is 1. The van der Waals surface area contributed by atoms with Gasteiger partial charge in [-0.05, 0) is 30.7 Å². The minimum Gasteiger partial charge on any atom is -0.309 e. The summed E-state index contributed by atoms with van der Waals surface area (Å²) < 4.78 is 0.895. The van der Waals surface area contributed by atoms with Crippen molar-refractivity contribution in [2.24, 2.45) is 0 Å². The monoisotopic (exact) mass is 307 g/mol. The third-order valence-electron chi connectivity index (χ3n) is 3.81. The molecule has 0 spiro atoms. The second-order valence-electron chi connectivity index (χ2n) is 5.68. The molecule has 0 aliphatic carbocycles. The molecule has 0 saturated carbocycles. The van der Waals surface area contributed by atoms with Crippen LogP contribution in [0.5, 0.6) is 0 Å². The van der Waals surface area contributed by atoms with Gasteiger partial charge in [0.05, 0.1) is 10.4 Å². The Hall–Kier alpha value is -0.830. The van der Waals surface area contributed by atoms with Crippen molar-refractivity contribution in [3.8, 4) is 0 Å². The molecule has 2 rings (SSSR count). The molecule has 0 fully saturated rings. The summed E-state index contributed by atoms with van der Waals surface area (Å²) in [5.74, 6) is 0. The van der Waals surface area contributed by atoms with Crippen LogP contribution in [-0.2, 0) is 5.41 Å². The molecule has 1 unspecified atom stereocenters. The van der Waals surface area contributed by atoms with Crippen molar-refractivity contribution in [2.45, 2.75) is 39.2 Å². The molecule has 1 heterocycles. The summed E-state index contributed by atoms with van der Waals surface area (Å²) in [6.07, 6.45) is 0. The molecular formula is C17H22ClNS. The Balaban J connectivity index is 2.42. The largest absolute Gasteiger partial charge is 0.309 e. The summed E-state index contributed by atoms with van der Waals surface area (Å²) >= 11 is 7.95. The van der Waals surface area contributed by atoms with Gasteiger partial charge in [0.1, 0.15) is 0 Å². The SMILES string of the molecule is CCNC(c1cc(C)c(Cl)s1)C(C)(C)c1ccccc1. The highest BCUT2D eigenvalue weighted by Crippen LogP contribution is 2.41. The third-order valence-corrected chi connectivity index (χ3v) is 5.43. The lowest BCUT2D eigenvalue weighted by Crippen LogP contribution is -2.36. The van der Waals surface area contributed by atoms with E-state index >= 15 is 0 Å². The van der Waals surface area contributed by atoms with Crippen LogP contribution >= 0.6 is 22.9 Å². The molecule has 2 aromatic rings. The Kier molecular flexibility index (Phi) is 4.90. The van der Waals surface area contributed by atoms with Crippen LogP contribution in [-0.4, -0.2) is 6.54 Å². The highest BCUT2D eigenvalue weighted by molar-refractivity contribution is 7.16. The van der Waals surface area contributed by atoms with Gasteiger partial charge in [0.15, 0.2) is 0 Å². The molecule has 108 valence electrons. The van der Waals surface area contributed by atoms with Gasteiger partial charge in [-0.1, -0.05) is 62.7 Å². The Labute approximate surface area is 131 Å². The van der Waals surface area contributed by atoms with E-state index < -0.39 is 0 Å². The predicted molar refractivity (Wildman–Crippen MR) is 90.0 cm³/mol. The van der Waals surface area contributed by atoms with Gasteiger partial charge in [0, 0.05) is 10.3 Å². The predicted octanol–water partition coefficient (Wildman–Crippen LogP) is 5.34. The molecule has 1 nitrogen and oxygen atoms in total. The van der Waals surface area contributed by atoms with E-state index in [1.54, 1.807) is 11.3 Å². The van der Waals surface area contributed by atoms with E-state index in [1.807, 2.05) is 0 Å². The van der Waals surface area contributed by atoms with Crippen molar-refractivity contribution in [1.82, 2.24) is 5.32 Å². The summed E-state index contributed by atoms with van der Waals surface area (Å²) in [4.78, 5) is 1.31. The number of aryl methyl sites for hydroxylation is 1. The van der Waals surface area contributed by atoms with Gasteiger partial charge in [-0.3, -0.25) is 0 Å². The third kappa shape index (κ3) is 3.08. The van der Waals surface area contributed by atoms with Crippen molar-refractivity contribution >= 4 is 22.9 Å². The number of benzene rings is 1. The molecule has 1 aromatic heterocycles. The van der Waals surface area contributed by atoms with Gasteiger partial charge < -0.3 is 5.32 Å². The van der Waals surface area contributed by atoms with Crippen molar-refractivity contribution in [2.75, 3.05) is 6.54 Å². The first-order valence-corrected chi connectivity index (χ1v) is 8.21. The fourth-order valence-corrected chi connectivity index (χ4v) is 4.06. The van der Waals surface area contributed by atoms with Gasteiger partial charge >= 0.3 is 0 Å². The molecule has 1 atom stereocenters. The molecule has 20 heavy (non-hydrogen) atoms. The maximum atomic E-state index is 6.26. The van der Waals surface area contributed by atoms with Crippen LogP contribution in [0, 0.1) is 6.92 Å². The van der Waals surface area contributed by atoms with E-state index in [0.29, 0.717) is 0 Å². The fourth-order valence-electron chi connectivity index (χ4n) is 2.58. The molecule has 0 saturated heterocycles. The van der Waals surface area contributed by atoms with Crippen LogP contribution in [0.2, 0.25) is 4.34 Å². The quantitative estimate of drug-likeness (QED) is 0.786. The number of rotatable bonds is 5. The summed E-state index contributed by atoms with van der Waals surface area (Å²) in [5.41, 5.74) is 2.52. The first-order valence-electron chi connectivity index (χ1n) is 7.01. The van der Waals surface area contributed by atoms with Crippen molar-refractivity contribution in [3.63, 3.8) is 0 Å². The summed E-state index contributed by atoms with van der Waals surface area (Å²) in [5, 5.41) is 3.63. The van der Waals surface area contributed by atoms with Gasteiger partial charge in [-0.25, -0.2) is 0 Å². The maximum absolute atomic E-state index is 6.26. The van der Waals surface area contributed by atoms with E-state index in [4.69, 9.17) is 11.6 Å². The minimum atomic E-state index is 0.0118. The summed E-state index contributed by atoms with van der Waals surface area (Å²) in [6, 6.07) is 13.2. The normalized spacial score (nSPS) is 13.4. The van der Waals surface area contributed by atoms with E-state index in [9.17, 15) is 0 Å². The lowest BCUT2D eigenvalue weighted by Gasteiger charge is -2.35. The zero-order valence-corrected chi connectivity index (χ0v) is 14.1. The maximum Gasteiger partial charge on any atom is 0.0960 e. The Morgan fingerprint density at radius 1 is 1.25 bits per heavy atom. The van der Waals surface area contributed by atoms with Gasteiger partial charge in [0.25, 0.3) is 0 Å². The topological polar surface area (TPSA) is 12.0 Å². The molecule has 1 N–H and O–H groups in total. The van der Waals surface area contributed by atoms with Crippen LogP contribution in [0.3, 0.4) is 0 Å². The average molecular weight is 308 g/mol. The minimum absolute atomic E-state index is 0.0118. The van der Waals surface area contributed by atoms with Crippen LogP contribution < -0.4 is 5.32 Å². The van der Waals surface area contributed by atoms with Crippen LogP contribution in [0.1, 0.15) is 42.8 Å². The van der Waals surface area contributed by atoms with Crippen LogP contribution in [0.25, 0.3) is 0 Å². The smallest absolute Gasteiger partial charge is 0.0960 e. The van der Waals surface area contributed by atoms with E-state index in [0.717, 1.165) is 10.9 Å². The lowest BCUT2D eigenvalue weighted by molar-refractivity contribution is 0.359. The van der Waals surface area contributed by atoms with Gasteiger partial charge in [0.2, 0.25) is 0 Å². The fraction of sp³-hybridized carbons (Fsp3) is 0.412. The number of thiophene rings is 1. The zero-order valence-electron chi connectivity index (χ0n) is 12.5. The van der Waals surface area contributed by atoms with Gasteiger partial charge in [-0.15, -0.1) is 11.3 Å². The van der Waals surface area contributed by atoms with Crippen molar-refractivity contribution in [1.29, 1.82) is 0 Å². The Bertz CT molecular complexity index is 540. The number of likely N-dealkylation sites (N-methyl/N-ethyl adjacent to an activating group) is 1. The second kappa shape index (κ2) is 6.30. The van der Waals surface area contributed by atoms with E-state index in [1.165, 1.54) is 16.0 Å².